The van der Waals surface area contributed by atoms with Crippen molar-refractivity contribution in [3.8, 4) is 17.2 Å². The van der Waals surface area contributed by atoms with Gasteiger partial charge in [0.2, 0.25) is 18.3 Å². The molecule has 0 saturated carbocycles. The Morgan fingerprint density at radius 3 is 2.59 bits per heavy atom. The number of Topliss-reactive ketones (excluding diaryl/α,β-unsaturated/α-hetero) is 1. The van der Waals surface area contributed by atoms with E-state index in [1.165, 1.54) is 24.3 Å². The van der Waals surface area contributed by atoms with Gasteiger partial charge in [0, 0.05) is 36.9 Å². The van der Waals surface area contributed by atoms with Crippen molar-refractivity contribution >= 4 is 33.5 Å². The first-order chi connectivity index (χ1) is 13.9. The van der Waals surface area contributed by atoms with Gasteiger partial charge in [0.25, 0.3) is 5.69 Å². The van der Waals surface area contributed by atoms with Crippen molar-refractivity contribution in [2.24, 2.45) is 0 Å². The number of rotatable bonds is 4. The van der Waals surface area contributed by atoms with Crippen LogP contribution in [0.4, 0.5) is 5.69 Å². The molecule has 0 unspecified atom stereocenters. The number of carbonyl (C=O) groups excluding carboxylic acids is 1. The van der Waals surface area contributed by atoms with E-state index in [9.17, 15) is 14.9 Å². The molecule has 2 aromatic carbocycles. The summed E-state index contributed by atoms with van der Waals surface area (Å²) in [4.78, 5) is 25.4. The Balaban J connectivity index is 1.83. The summed E-state index contributed by atoms with van der Waals surface area (Å²) in [5.74, 6) is 1.38. The molecular weight excluding hydrogens is 444 g/mol. The maximum atomic E-state index is 13.2. The van der Waals surface area contributed by atoms with Crippen molar-refractivity contribution < 1.29 is 23.9 Å². The fourth-order valence-corrected chi connectivity index (χ4v) is 4.20. The molecule has 0 bridgehead atoms. The van der Waals surface area contributed by atoms with Gasteiger partial charge < -0.3 is 19.1 Å². The van der Waals surface area contributed by atoms with Crippen LogP contribution in [-0.4, -0.2) is 43.1 Å². The predicted octanol–water partition coefficient (Wildman–Crippen LogP) is 3.81. The van der Waals surface area contributed by atoms with Gasteiger partial charge in [-0.3, -0.25) is 14.9 Å². The van der Waals surface area contributed by atoms with Crippen LogP contribution in [-0.2, 0) is 6.42 Å². The van der Waals surface area contributed by atoms with Crippen molar-refractivity contribution in [2.45, 2.75) is 6.42 Å². The highest BCUT2D eigenvalue weighted by Gasteiger charge is 2.31. The minimum Gasteiger partial charge on any atom is -0.492 e. The summed E-state index contributed by atoms with van der Waals surface area (Å²) >= 11 is 3.60. The molecule has 8 nitrogen and oxygen atoms in total. The number of hydrogen-bond acceptors (Lipinski definition) is 7. The van der Waals surface area contributed by atoms with E-state index < -0.39 is 4.92 Å². The second-order valence-electron chi connectivity index (χ2n) is 6.64. The number of halogens is 1. The topological polar surface area (TPSA) is 91.1 Å². The normalized spacial score (nSPS) is 14.7. The first kappa shape index (κ1) is 19.3. The zero-order valence-electron chi connectivity index (χ0n) is 15.7. The number of allylic oxidation sites excluding steroid dienone is 1. The van der Waals surface area contributed by atoms with Crippen molar-refractivity contribution in [3.63, 3.8) is 0 Å². The summed E-state index contributed by atoms with van der Waals surface area (Å²) in [6.45, 7) is 0.699. The van der Waals surface area contributed by atoms with Crippen LogP contribution in [0, 0.1) is 10.1 Å². The Labute approximate surface area is 174 Å². The van der Waals surface area contributed by atoms with Crippen LogP contribution in [0.5, 0.6) is 17.2 Å². The molecular formula is C20H17BrN2O6. The van der Waals surface area contributed by atoms with Crippen LogP contribution < -0.4 is 14.2 Å². The summed E-state index contributed by atoms with van der Waals surface area (Å²) in [5, 5.41) is 10.9. The molecule has 29 heavy (non-hydrogen) atoms. The molecule has 0 amide bonds. The zero-order chi connectivity index (χ0) is 20.7. The van der Waals surface area contributed by atoms with Crippen LogP contribution in [0.2, 0.25) is 0 Å². The maximum absolute atomic E-state index is 13.2. The van der Waals surface area contributed by atoms with E-state index in [4.69, 9.17) is 14.2 Å². The Kier molecular flexibility index (Phi) is 4.91. The molecule has 2 aliphatic rings. The van der Waals surface area contributed by atoms with Crippen LogP contribution >= 0.6 is 15.9 Å². The van der Waals surface area contributed by atoms with E-state index in [1.54, 1.807) is 13.2 Å². The molecule has 0 fully saturated rings. The minimum absolute atomic E-state index is 0.0617. The average Bonchev–Trinajstić information content (AvgIpc) is 3.14. The molecule has 0 saturated heterocycles. The number of ketones is 1. The molecule has 4 rings (SSSR count). The number of nitrogens with zero attached hydrogens (tertiary/aromatic N) is 2. The summed E-state index contributed by atoms with van der Waals surface area (Å²) in [6, 6.07) is 5.59. The number of nitro groups is 1. The van der Waals surface area contributed by atoms with E-state index in [-0.39, 0.29) is 18.3 Å². The average molecular weight is 461 g/mol. The first-order valence-corrected chi connectivity index (χ1v) is 9.61. The van der Waals surface area contributed by atoms with Crippen LogP contribution in [0.3, 0.4) is 0 Å². The SMILES string of the molecule is COc1c2c(c(Br)c3c1OCO3)CCN(C)C(C(=O)c1ccc([N+](=O)[O-])cc1)=C2. The lowest BCUT2D eigenvalue weighted by molar-refractivity contribution is -0.384. The summed E-state index contributed by atoms with van der Waals surface area (Å²) < 4.78 is 17.5. The molecule has 9 heteroatoms. The highest BCUT2D eigenvalue weighted by atomic mass is 79.9. The third kappa shape index (κ3) is 3.21. The van der Waals surface area contributed by atoms with E-state index in [0.29, 0.717) is 41.5 Å². The van der Waals surface area contributed by atoms with Gasteiger partial charge in [-0.2, -0.15) is 0 Å². The third-order valence-corrected chi connectivity index (χ3v) is 5.86. The molecule has 0 spiro atoms. The highest BCUT2D eigenvalue weighted by Crippen LogP contribution is 2.51. The summed E-state index contributed by atoms with van der Waals surface area (Å²) in [5.41, 5.74) is 2.48. The van der Waals surface area contributed by atoms with Crippen molar-refractivity contribution in [1.82, 2.24) is 4.90 Å². The number of non-ortho nitro benzene ring substituents is 1. The molecule has 2 aliphatic heterocycles. The lowest BCUT2D eigenvalue weighted by Crippen LogP contribution is -2.24. The number of fused-ring (bicyclic) bond motifs is 2. The molecule has 0 atom stereocenters. The second kappa shape index (κ2) is 7.40. The molecule has 150 valence electrons. The predicted molar refractivity (Wildman–Crippen MR) is 109 cm³/mol. The minimum atomic E-state index is -0.493. The Morgan fingerprint density at radius 1 is 1.24 bits per heavy atom. The van der Waals surface area contributed by atoms with Crippen molar-refractivity contribution in [3.05, 3.63) is 61.2 Å². The van der Waals surface area contributed by atoms with Gasteiger partial charge in [0.05, 0.1) is 22.2 Å². The van der Waals surface area contributed by atoms with Crippen molar-refractivity contribution in [2.75, 3.05) is 27.5 Å². The highest BCUT2D eigenvalue weighted by molar-refractivity contribution is 9.10. The molecule has 2 aromatic rings. The van der Waals surface area contributed by atoms with Gasteiger partial charge in [0.15, 0.2) is 11.5 Å². The third-order valence-electron chi connectivity index (χ3n) is 5.02. The summed E-state index contributed by atoms with van der Waals surface area (Å²) in [7, 11) is 3.38. The lowest BCUT2D eigenvalue weighted by atomic mass is 10.0. The van der Waals surface area contributed by atoms with E-state index in [2.05, 4.69) is 15.9 Å². The zero-order valence-corrected chi connectivity index (χ0v) is 17.3. The van der Waals surface area contributed by atoms with Gasteiger partial charge in [-0.25, -0.2) is 0 Å². The fraction of sp³-hybridized carbons (Fsp3) is 0.250. The summed E-state index contributed by atoms with van der Waals surface area (Å²) in [6.07, 6.45) is 2.44. The van der Waals surface area contributed by atoms with Gasteiger partial charge in [0.1, 0.15) is 0 Å². The monoisotopic (exact) mass is 460 g/mol. The van der Waals surface area contributed by atoms with Gasteiger partial charge in [-0.05, 0) is 46.1 Å². The number of hydrogen-bond donors (Lipinski definition) is 0. The van der Waals surface area contributed by atoms with Crippen LogP contribution in [0.25, 0.3) is 6.08 Å². The van der Waals surface area contributed by atoms with Gasteiger partial charge >= 0.3 is 0 Å². The maximum Gasteiger partial charge on any atom is 0.269 e. The number of benzene rings is 2. The lowest BCUT2D eigenvalue weighted by Gasteiger charge is -2.19. The Bertz CT molecular complexity index is 1050. The Morgan fingerprint density at radius 2 is 1.93 bits per heavy atom. The quantitative estimate of drug-likeness (QED) is 0.389. The second-order valence-corrected chi connectivity index (χ2v) is 7.43. The Hall–Kier alpha value is -3.07. The molecule has 0 aliphatic carbocycles. The van der Waals surface area contributed by atoms with Crippen molar-refractivity contribution in [1.29, 1.82) is 0 Å². The molecule has 2 heterocycles. The van der Waals surface area contributed by atoms with E-state index >= 15 is 0 Å². The number of likely N-dealkylation sites (N-methyl/N-ethyl adjacent to an activating group) is 1. The standard InChI is InChI=1S/C20H17BrN2O6/c1-22-8-7-13-14(18(27-2)20-19(16(13)21)28-10-29-20)9-15(22)17(24)11-3-5-12(6-4-11)23(25)26/h3-6,9H,7-8,10H2,1-2H3. The smallest absolute Gasteiger partial charge is 0.269 e. The largest absolute Gasteiger partial charge is 0.492 e. The number of nitro benzene ring substituents is 1. The van der Waals surface area contributed by atoms with Crippen LogP contribution in [0.15, 0.2) is 34.4 Å². The first-order valence-electron chi connectivity index (χ1n) is 8.82. The number of ether oxygens (including phenoxy) is 3. The molecule has 0 aromatic heterocycles. The van der Waals surface area contributed by atoms with E-state index in [0.717, 1.165) is 15.6 Å². The molecule has 0 N–H and O–H groups in total. The van der Waals surface area contributed by atoms with Crippen LogP contribution in [0.1, 0.15) is 21.5 Å². The number of carbonyl (C=O) groups is 1. The van der Waals surface area contributed by atoms with Gasteiger partial charge in [-0.1, -0.05) is 0 Å². The van der Waals surface area contributed by atoms with E-state index in [1.807, 2.05) is 11.9 Å². The number of methoxy groups -OCH3 is 1. The van der Waals surface area contributed by atoms with Gasteiger partial charge in [-0.15, -0.1) is 0 Å². The fourth-order valence-electron chi connectivity index (χ4n) is 3.49. The molecule has 0 radical (unpaired) electrons.